The summed E-state index contributed by atoms with van der Waals surface area (Å²) in [6.07, 6.45) is 4.80. The van der Waals surface area contributed by atoms with E-state index < -0.39 is 17.3 Å². The maximum absolute atomic E-state index is 15.2. The van der Waals surface area contributed by atoms with Crippen LogP contribution in [0, 0.1) is 5.82 Å². The Morgan fingerprint density at radius 1 is 1.23 bits per heavy atom. The molecule has 1 atom stereocenters. The molecule has 1 N–H and O–H groups in total. The minimum absolute atomic E-state index is 0.0175. The van der Waals surface area contributed by atoms with Crippen molar-refractivity contribution in [2.24, 2.45) is 7.05 Å². The fourth-order valence-electron chi connectivity index (χ4n) is 3.85. The maximum Gasteiger partial charge on any atom is 0.258 e. The number of fused-ring (bicyclic) bond motifs is 2. The fourth-order valence-corrected chi connectivity index (χ4v) is 4.11. The lowest BCUT2D eigenvalue weighted by Crippen LogP contribution is -2.44. The zero-order valence-corrected chi connectivity index (χ0v) is 17.0. The molecule has 4 aromatic rings. The summed E-state index contributed by atoms with van der Waals surface area (Å²) in [4.78, 5) is 21.9. The van der Waals surface area contributed by atoms with Gasteiger partial charge in [-0.05, 0) is 41.5 Å². The first-order chi connectivity index (χ1) is 14.8. The Balaban J connectivity index is 1.55. The number of benzene rings is 1. The Labute approximate surface area is 182 Å². The van der Waals surface area contributed by atoms with Crippen molar-refractivity contribution in [3.8, 4) is 11.1 Å². The van der Waals surface area contributed by atoms with E-state index in [-0.39, 0.29) is 28.4 Å². The predicted octanol–water partition coefficient (Wildman–Crippen LogP) is 2.75. The molecular weight excluding hydrogens is 420 g/mol. The molecule has 152 valence electrons. The molecule has 0 bridgehead atoms. The molecule has 1 aromatic carbocycles. The molecule has 1 unspecified atom stereocenters. The number of hydrogen-bond acceptors (Lipinski definition) is 5. The third kappa shape index (κ3) is 3.00. The summed E-state index contributed by atoms with van der Waals surface area (Å²) < 4.78 is 16.8. The molecule has 4 heterocycles. The smallest absolute Gasteiger partial charge is 0.258 e. The molecule has 31 heavy (non-hydrogen) atoms. The van der Waals surface area contributed by atoms with Gasteiger partial charge in [-0.25, -0.2) is 9.37 Å². The molecule has 10 heteroatoms. The van der Waals surface area contributed by atoms with Gasteiger partial charge in [-0.2, -0.15) is 5.10 Å². The number of carbonyl (C=O) groups excluding carboxylic acids is 1. The molecule has 3 aromatic heterocycles. The second kappa shape index (κ2) is 6.86. The molecule has 1 amide bonds. The number of nitrogens with zero attached hydrogens (tertiary/aromatic N) is 5. The lowest BCUT2D eigenvalue weighted by Gasteiger charge is -2.31. The molecule has 5 rings (SSSR count). The van der Waals surface area contributed by atoms with Crippen molar-refractivity contribution in [2.45, 2.75) is 12.2 Å². The van der Waals surface area contributed by atoms with Crippen LogP contribution in [0.1, 0.15) is 21.6 Å². The van der Waals surface area contributed by atoms with E-state index >= 15 is 4.39 Å². The Kier molecular flexibility index (Phi) is 4.35. The lowest BCUT2D eigenvalue weighted by atomic mass is 9.87. The summed E-state index contributed by atoms with van der Waals surface area (Å²) in [5.41, 5.74) is -0.175. The van der Waals surface area contributed by atoms with Gasteiger partial charge in [-0.1, -0.05) is 11.6 Å². The van der Waals surface area contributed by atoms with Crippen molar-refractivity contribution in [1.82, 2.24) is 24.6 Å². The van der Waals surface area contributed by atoms with Gasteiger partial charge >= 0.3 is 0 Å². The number of aryl methyl sites for hydroxylation is 1. The molecule has 7 nitrogen and oxygen atoms in total. The summed E-state index contributed by atoms with van der Waals surface area (Å²) in [5, 5.41) is 15.8. The Morgan fingerprint density at radius 3 is 2.77 bits per heavy atom. The van der Waals surface area contributed by atoms with E-state index in [1.165, 1.54) is 18.3 Å². The van der Waals surface area contributed by atoms with Crippen molar-refractivity contribution in [3.63, 3.8) is 0 Å². The number of rotatable bonds is 3. The van der Waals surface area contributed by atoms with Crippen LogP contribution in [0.2, 0.25) is 5.02 Å². The van der Waals surface area contributed by atoms with Gasteiger partial charge in [-0.15, -0.1) is 0 Å². The topological polar surface area (TPSA) is 84.1 Å². The van der Waals surface area contributed by atoms with Crippen molar-refractivity contribution in [3.05, 3.63) is 76.6 Å². The highest BCUT2D eigenvalue weighted by atomic mass is 35.5. The quantitative estimate of drug-likeness (QED) is 0.502. The van der Waals surface area contributed by atoms with Crippen LogP contribution in [0.15, 0.2) is 48.9 Å². The number of pyridine rings is 2. The average molecular weight is 434 g/mol. The van der Waals surface area contributed by atoms with Crippen LogP contribution in [0.3, 0.4) is 0 Å². The molecule has 2 radical (unpaired) electrons. The van der Waals surface area contributed by atoms with Gasteiger partial charge < -0.3 is 10.0 Å². The van der Waals surface area contributed by atoms with Crippen molar-refractivity contribution in [1.29, 1.82) is 0 Å². The summed E-state index contributed by atoms with van der Waals surface area (Å²) in [6.45, 7) is -0.328. The van der Waals surface area contributed by atoms with Crippen molar-refractivity contribution in [2.75, 3.05) is 0 Å². The number of aliphatic hydroxyl groups is 1. The van der Waals surface area contributed by atoms with E-state index in [2.05, 4.69) is 15.1 Å². The van der Waals surface area contributed by atoms with Crippen LogP contribution in [0.5, 0.6) is 0 Å². The molecule has 0 spiro atoms. The van der Waals surface area contributed by atoms with E-state index in [4.69, 9.17) is 19.4 Å². The highest BCUT2D eigenvalue weighted by molar-refractivity contribution is 6.31. The van der Waals surface area contributed by atoms with E-state index in [0.29, 0.717) is 11.2 Å². The van der Waals surface area contributed by atoms with Crippen LogP contribution in [-0.2, 0) is 19.2 Å². The SMILES string of the molecule is [B]C1(O)c2ncccc2C(=O)N1Cc1c(F)cc(-c2ccnc3nn(C)cc23)cc1Cl. The molecule has 0 saturated heterocycles. The molecule has 0 fully saturated rings. The number of hydrogen-bond donors (Lipinski definition) is 1. The van der Waals surface area contributed by atoms with Crippen LogP contribution >= 0.6 is 11.6 Å². The maximum atomic E-state index is 15.2. The van der Waals surface area contributed by atoms with E-state index in [1.54, 1.807) is 42.3 Å². The third-order valence-electron chi connectivity index (χ3n) is 5.35. The third-order valence-corrected chi connectivity index (χ3v) is 5.69. The van der Waals surface area contributed by atoms with Gasteiger partial charge in [0.15, 0.2) is 13.5 Å². The Bertz CT molecular complexity index is 1350. The fraction of sp³-hybridized carbons (Fsp3) is 0.143. The van der Waals surface area contributed by atoms with Gasteiger partial charge in [0.25, 0.3) is 5.91 Å². The first-order valence-electron chi connectivity index (χ1n) is 9.32. The van der Waals surface area contributed by atoms with Crippen LogP contribution < -0.4 is 0 Å². The number of halogens is 2. The first-order valence-corrected chi connectivity index (χ1v) is 9.70. The highest BCUT2D eigenvalue weighted by Crippen LogP contribution is 2.37. The van der Waals surface area contributed by atoms with Crippen LogP contribution in [0.25, 0.3) is 22.2 Å². The number of aromatic nitrogens is 4. The Morgan fingerprint density at radius 2 is 2.03 bits per heavy atom. The van der Waals surface area contributed by atoms with Gasteiger partial charge in [0.05, 0.1) is 17.8 Å². The van der Waals surface area contributed by atoms with Gasteiger partial charge in [0, 0.05) is 41.6 Å². The van der Waals surface area contributed by atoms with E-state index in [9.17, 15) is 9.90 Å². The molecule has 0 aliphatic carbocycles. The minimum Gasteiger partial charge on any atom is -0.374 e. The molecular formula is C21H14BClFN5O2. The molecule has 1 aliphatic heterocycles. The number of amides is 1. The lowest BCUT2D eigenvalue weighted by molar-refractivity contribution is -0.0227. The highest BCUT2D eigenvalue weighted by Gasteiger charge is 2.45. The summed E-state index contributed by atoms with van der Waals surface area (Å²) >= 11 is 6.42. The monoisotopic (exact) mass is 433 g/mol. The molecule has 1 aliphatic rings. The van der Waals surface area contributed by atoms with Gasteiger partial charge in [-0.3, -0.25) is 14.5 Å². The normalized spacial score (nSPS) is 18.1. The Hall–Kier alpha value is -3.30. The first kappa shape index (κ1) is 19.7. The van der Waals surface area contributed by atoms with Crippen molar-refractivity contribution >= 4 is 36.4 Å². The molecule has 0 saturated carbocycles. The zero-order valence-electron chi connectivity index (χ0n) is 16.3. The van der Waals surface area contributed by atoms with E-state index in [0.717, 1.165) is 15.8 Å². The van der Waals surface area contributed by atoms with Gasteiger partial charge in [0.2, 0.25) is 0 Å². The summed E-state index contributed by atoms with van der Waals surface area (Å²) in [5.74, 6) is -1.19. The van der Waals surface area contributed by atoms with Gasteiger partial charge in [0.1, 0.15) is 11.4 Å². The second-order valence-corrected chi connectivity index (χ2v) is 7.74. The summed E-state index contributed by atoms with van der Waals surface area (Å²) in [6, 6.07) is 7.74. The second-order valence-electron chi connectivity index (χ2n) is 7.33. The summed E-state index contributed by atoms with van der Waals surface area (Å²) in [7, 11) is 7.75. The van der Waals surface area contributed by atoms with Crippen LogP contribution in [-0.4, -0.2) is 43.5 Å². The zero-order chi connectivity index (χ0) is 21.9. The standard InChI is InChI=1S/C21H14BClFN5O2/c1-28-9-14-12(4-6-26-19(14)27-28)11-7-16(23)15(17(24)8-11)10-29-20(30)13-3-2-5-25-18(13)21(29,22)31/h2-9,31H,10H2,1H3. The largest absolute Gasteiger partial charge is 0.374 e. The number of carbonyl (C=O) groups is 1. The van der Waals surface area contributed by atoms with E-state index in [1.807, 2.05) is 0 Å². The average Bonchev–Trinajstić information content (AvgIpc) is 3.20. The minimum atomic E-state index is -2.17. The van der Waals surface area contributed by atoms with Crippen molar-refractivity contribution < 1.29 is 14.3 Å². The van der Waals surface area contributed by atoms with Crippen LogP contribution in [0.4, 0.5) is 4.39 Å². The predicted molar refractivity (Wildman–Crippen MR) is 113 cm³/mol.